The number of nitriles is 1. The van der Waals surface area contributed by atoms with Gasteiger partial charge in [-0.2, -0.15) is 5.26 Å². The van der Waals surface area contributed by atoms with Gasteiger partial charge < -0.3 is 9.88 Å². The highest BCUT2D eigenvalue weighted by Gasteiger charge is 2.16. The Kier molecular flexibility index (Phi) is 4.67. The van der Waals surface area contributed by atoms with Gasteiger partial charge in [-0.3, -0.25) is 4.79 Å². The van der Waals surface area contributed by atoms with E-state index in [0.717, 1.165) is 43.0 Å². The molecule has 134 valence electrons. The van der Waals surface area contributed by atoms with Gasteiger partial charge in [-0.25, -0.2) is 0 Å². The number of hydrogen-bond donors (Lipinski definition) is 1. The maximum absolute atomic E-state index is 12.5. The maximum Gasteiger partial charge on any atom is 0.255 e. The molecule has 0 aliphatic carbocycles. The van der Waals surface area contributed by atoms with Crippen molar-refractivity contribution in [2.45, 2.75) is 32.2 Å². The smallest absolute Gasteiger partial charge is 0.255 e. The van der Waals surface area contributed by atoms with Crippen molar-refractivity contribution >= 4 is 11.6 Å². The summed E-state index contributed by atoms with van der Waals surface area (Å²) in [6.45, 7) is 0.926. The molecular formula is C21H19N5O. The quantitative estimate of drug-likeness (QED) is 0.773. The molecule has 1 aromatic heterocycles. The number of fused-ring (bicyclic) bond motifs is 1. The minimum atomic E-state index is -0.246. The highest BCUT2D eigenvalue weighted by Crippen LogP contribution is 2.25. The van der Waals surface area contributed by atoms with Crippen molar-refractivity contribution in [1.29, 1.82) is 5.26 Å². The number of benzene rings is 2. The summed E-state index contributed by atoms with van der Waals surface area (Å²) in [5, 5.41) is 20.6. The third-order valence-corrected chi connectivity index (χ3v) is 4.74. The van der Waals surface area contributed by atoms with Crippen LogP contribution < -0.4 is 5.32 Å². The average Bonchev–Trinajstić information content (AvgIpc) is 2.96. The molecule has 0 saturated heterocycles. The minimum Gasteiger partial charge on any atom is -0.322 e. The molecular weight excluding hydrogens is 338 g/mol. The Balaban J connectivity index is 1.59. The number of amides is 1. The third kappa shape index (κ3) is 3.58. The lowest BCUT2D eigenvalue weighted by atomic mass is 10.1. The first kappa shape index (κ1) is 17.0. The number of nitrogens with zero attached hydrogens (tertiary/aromatic N) is 4. The Bertz CT molecular complexity index is 1030. The van der Waals surface area contributed by atoms with Gasteiger partial charge in [0.15, 0.2) is 5.82 Å². The van der Waals surface area contributed by atoms with Gasteiger partial charge in [0.25, 0.3) is 5.91 Å². The van der Waals surface area contributed by atoms with Crippen LogP contribution >= 0.6 is 0 Å². The van der Waals surface area contributed by atoms with Crippen LogP contribution in [0.15, 0.2) is 48.5 Å². The summed E-state index contributed by atoms with van der Waals surface area (Å²) in [5.41, 5.74) is 2.53. The molecule has 6 nitrogen and oxygen atoms in total. The summed E-state index contributed by atoms with van der Waals surface area (Å²) in [4.78, 5) is 12.5. The first-order chi connectivity index (χ1) is 13.2. The van der Waals surface area contributed by atoms with Crippen molar-refractivity contribution in [3.63, 3.8) is 0 Å². The van der Waals surface area contributed by atoms with Crippen LogP contribution in [0.2, 0.25) is 0 Å². The summed E-state index contributed by atoms with van der Waals surface area (Å²) in [5.74, 6) is 1.63. The lowest BCUT2D eigenvalue weighted by molar-refractivity contribution is 0.102. The molecule has 2 aromatic carbocycles. The van der Waals surface area contributed by atoms with Gasteiger partial charge in [-0.05, 0) is 43.2 Å². The minimum absolute atomic E-state index is 0.246. The van der Waals surface area contributed by atoms with Gasteiger partial charge in [0, 0.05) is 29.8 Å². The monoisotopic (exact) mass is 357 g/mol. The summed E-state index contributed by atoms with van der Waals surface area (Å²) >= 11 is 0. The molecule has 1 amide bonds. The zero-order chi connectivity index (χ0) is 18.6. The summed E-state index contributed by atoms with van der Waals surface area (Å²) < 4.78 is 2.18. The molecule has 27 heavy (non-hydrogen) atoms. The number of nitrogens with one attached hydrogen (secondary N) is 1. The molecule has 0 fully saturated rings. The lowest BCUT2D eigenvalue weighted by Gasteiger charge is -2.09. The van der Waals surface area contributed by atoms with E-state index in [1.807, 2.05) is 30.3 Å². The lowest BCUT2D eigenvalue weighted by Crippen LogP contribution is -2.12. The van der Waals surface area contributed by atoms with Crippen LogP contribution in [0, 0.1) is 11.3 Å². The topological polar surface area (TPSA) is 83.6 Å². The number of aromatic nitrogens is 3. The number of aryl methyl sites for hydroxylation is 1. The van der Waals surface area contributed by atoms with Gasteiger partial charge in [0.1, 0.15) is 5.82 Å². The second kappa shape index (κ2) is 7.42. The molecule has 6 heteroatoms. The number of rotatable bonds is 3. The largest absolute Gasteiger partial charge is 0.322 e. The molecule has 0 unspecified atom stereocenters. The predicted molar refractivity (Wildman–Crippen MR) is 102 cm³/mol. The zero-order valence-corrected chi connectivity index (χ0v) is 14.9. The molecule has 1 aliphatic rings. The second-order valence-electron chi connectivity index (χ2n) is 6.63. The van der Waals surface area contributed by atoms with Crippen LogP contribution in [0.25, 0.3) is 11.4 Å². The molecule has 0 spiro atoms. The third-order valence-electron chi connectivity index (χ3n) is 4.74. The van der Waals surface area contributed by atoms with Crippen molar-refractivity contribution in [2.75, 3.05) is 5.32 Å². The molecule has 4 rings (SSSR count). The molecule has 0 bridgehead atoms. The molecule has 1 aliphatic heterocycles. The first-order valence-corrected chi connectivity index (χ1v) is 9.08. The Morgan fingerprint density at radius 1 is 1.07 bits per heavy atom. The molecule has 0 saturated carbocycles. The molecule has 3 aromatic rings. The fourth-order valence-electron chi connectivity index (χ4n) is 3.37. The van der Waals surface area contributed by atoms with E-state index < -0.39 is 0 Å². The van der Waals surface area contributed by atoms with Crippen LogP contribution in [0.4, 0.5) is 5.69 Å². The Morgan fingerprint density at radius 2 is 1.96 bits per heavy atom. The number of anilines is 1. The highest BCUT2D eigenvalue weighted by atomic mass is 16.1. The Morgan fingerprint density at radius 3 is 2.85 bits per heavy atom. The van der Waals surface area contributed by atoms with Crippen molar-refractivity contribution < 1.29 is 4.79 Å². The molecule has 0 radical (unpaired) electrons. The van der Waals surface area contributed by atoms with E-state index in [1.165, 1.54) is 6.42 Å². The first-order valence-electron chi connectivity index (χ1n) is 9.08. The standard InChI is InChI=1S/C21H19N5O/c22-14-15-6-4-8-17(12-15)21(27)23-18-9-5-7-16(13-18)20-25-24-19-10-2-1-3-11-26(19)20/h4-9,12-13H,1-3,10-11H2,(H,23,27). The number of carbonyl (C=O) groups excluding carboxylic acids is 1. The molecule has 1 N–H and O–H groups in total. The van der Waals surface area contributed by atoms with Crippen molar-refractivity contribution in [2.24, 2.45) is 0 Å². The van der Waals surface area contributed by atoms with Gasteiger partial charge in [0.05, 0.1) is 11.6 Å². The normalized spacial score (nSPS) is 13.3. The van der Waals surface area contributed by atoms with Crippen LogP contribution in [0.1, 0.15) is 41.0 Å². The van der Waals surface area contributed by atoms with E-state index in [-0.39, 0.29) is 5.91 Å². The van der Waals surface area contributed by atoms with E-state index in [0.29, 0.717) is 16.8 Å². The number of carbonyl (C=O) groups is 1. The van der Waals surface area contributed by atoms with Gasteiger partial charge in [-0.15, -0.1) is 10.2 Å². The fourth-order valence-corrected chi connectivity index (χ4v) is 3.37. The average molecular weight is 357 g/mol. The van der Waals surface area contributed by atoms with E-state index in [9.17, 15) is 4.79 Å². The number of hydrogen-bond acceptors (Lipinski definition) is 4. The molecule has 2 heterocycles. The second-order valence-corrected chi connectivity index (χ2v) is 6.63. The van der Waals surface area contributed by atoms with E-state index in [1.54, 1.807) is 24.3 Å². The zero-order valence-electron chi connectivity index (χ0n) is 14.9. The highest BCUT2D eigenvalue weighted by molar-refractivity contribution is 6.04. The van der Waals surface area contributed by atoms with E-state index in [4.69, 9.17) is 5.26 Å². The van der Waals surface area contributed by atoms with Crippen LogP contribution in [-0.2, 0) is 13.0 Å². The summed E-state index contributed by atoms with van der Waals surface area (Å²) in [6, 6.07) is 16.3. The van der Waals surface area contributed by atoms with Crippen LogP contribution in [0.3, 0.4) is 0 Å². The Labute approximate surface area is 157 Å². The Hall–Kier alpha value is -3.46. The SMILES string of the molecule is N#Cc1cccc(C(=O)Nc2cccc(-c3nnc4n3CCCCC4)c2)c1. The summed E-state index contributed by atoms with van der Waals surface area (Å²) in [7, 11) is 0. The van der Waals surface area contributed by atoms with Gasteiger partial charge in [-0.1, -0.05) is 24.6 Å². The summed E-state index contributed by atoms with van der Waals surface area (Å²) in [6.07, 6.45) is 4.44. The van der Waals surface area contributed by atoms with Crippen molar-refractivity contribution in [3.05, 3.63) is 65.5 Å². The van der Waals surface area contributed by atoms with Crippen LogP contribution in [0.5, 0.6) is 0 Å². The van der Waals surface area contributed by atoms with Crippen molar-refractivity contribution in [1.82, 2.24) is 14.8 Å². The predicted octanol–water partition coefficient (Wildman–Crippen LogP) is 3.80. The fraction of sp³-hybridized carbons (Fsp3) is 0.238. The van der Waals surface area contributed by atoms with Crippen molar-refractivity contribution in [3.8, 4) is 17.5 Å². The van der Waals surface area contributed by atoms with E-state index >= 15 is 0 Å². The molecule has 0 atom stereocenters. The van der Waals surface area contributed by atoms with Gasteiger partial charge in [0.2, 0.25) is 0 Å². The maximum atomic E-state index is 12.5. The van der Waals surface area contributed by atoms with E-state index in [2.05, 4.69) is 20.1 Å². The van der Waals surface area contributed by atoms with Crippen LogP contribution in [-0.4, -0.2) is 20.7 Å². The van der Waals surface area contributed by atoms with Gasteiger partial charge >= 0.3 is 0 Å².